The van der Waals surface area contributed by atoms with Gasteiger partial charge in [-0.2, -0.15) is 0 Å². The molecule has 0 aromatic carbocycles. The molecule has 20 heavy (non-hydrogen) atoms. The number of hydrogen-bond acceptors (Lipinski definition) is 3. The molecule has 0 aliphatic carbocycles. The zero-order chi connectivity index (χ0) is 15.0. The number of allylic oxidation sites excluding steroid dienone is 3. The van der Waals surface area contributed by atoms with Crippen LogP contribution in [0.5, 0.6) is 5.88 Å². The molecule has 1 N–H and O–H groups in total. The number of nitrogens with zero attached hydrogens (tertiary/aromatic N) is 1. The van der Waals surface area contributed by atoms with Crippen molar-refractivity contribution in [3.63, 3.8) is 0 Å². The van der Waals surface area contributed by atoms with Gasteiger partial charge in [0, 0.05) is 6.20 Å². The van der Waals surface area contributed by atoms with E-state index in [0.29, 0.717) is 6.61 Å². The molecular weight excluding hydrogens is 254 g/mol. The van der Waals surface area contributed by atoms with Gasteiger partial charge in [-0.3, -0.25) is 0 Å². The van der Waals surface area contributed by atoms with E-state index in [1.165, 1.54) is 23.4 Å². The van der Waals surface area contributed by atoms with Gasteiger partial charge in [0.1, 0.15) is 12.2 Å². The Morgan fingerprint density at radius 3 is 2.75 bits per heavy atom. The predicted octanol–water partition coefficient (Wildman–Crippen LogP) is 3.85. The Morgan fingerprint density at radius 2 is 2.10 bits per heavy atom. The van der Waals surface area contributed by atoms with Crippen molar-refractivity contribution >= 4 is 5.97 Å². The molecule has 0 bridgehead atoms. The summed E-state index contributed by atoms with van der Waals surface area (Å²) in [4.78, 5) is 14.9. The molecule has 0 spiro atoms. The average molecular weight is 275 g/mol. The number of hydrogen-bond donors (Lipinski definition) is 1. The van der Waals surface area contributed by atoms with Crippen LogP contribution >= 0.6 is 0 Å². The highest BCUT2D eigenvalue weighted by atomic mass is 16.5. The minimum Gasteiger partial charge on any atom is -0.477 e. The number of carboxylic acids is 1. The van der Waals surface area contributed by atoms with Gasteiger partial charge in [0.15, 0.2) is 0 Å². The van der Waals surface area contributed by atoms with Crippen molar-refractivity contribution in [2.24, 2.45) is 0 Å². The summed E-state index contributed by atoms with van der Waals surface area (Å²) in [6.45, 7) is 6.53. The molecule has 0 fully saturated rings. The normalized spacial score (nSPS) is 11.1. The van der Waals surface area contributed by atoms with Crippen LogP contribution in [0.3, 0.4) is 0 Å². The topological polar surface area (TPSA) is 59.4 Å². The van der Waals surface area contributed by atoms with Gasteiger partial charge in [-0.1, -0.05) is 17.2 Å². The summed E-state index contributed by atoms with van der Waals surface area (Å²) in [7, 11) is 0. The Morgan fingerprint density at radius 1 is 1.35 bits per heavy atom. The van der Waals surface area contributed by atoms with Crippen molar-refractivity contribution in [1.29, 1.82) is 0 Å². The van der Waals surface area contributed by atoms with Crippen LogP contribution in [0.2, 0.25) is 0 Å². The molecule has 108 valence electrons. The van der Waals surface area contributed by atoms with Gasteiger partial charge in [0.2, 0.25) is 5.88 Å². The standard InChI is InChI=1S/C16H21NO3/c1-12(2)6-4-7-13(3)9-11-20-15-14(16(18)19)8-5-10-17-15/h5-6,8-10H,4,7,11H2,1-3H3,(H,18,19). The summed E-state index contributed by atoms with van der Waals surface area (Å²) >= 11 is 0. The third-order valence-corrected chi connectivity index (χ3v) is 2.74. The lowest BCUT2D eigenvalue weighted by Crippen LogP contribution is -2.05. The highest BCUT2D eigenvalue weighted by molar-refractivity contribution is 5.90. The zero-order valence-corrected chi connectivity index (χ0v) is 12.2. The smallest absolute Gasteiger partial charge is 0.341 e. The van der Waals surface area contributed by atoms with E-state index in [1.54, 1.807) is 6.07 Å². The van der Waals surface area contributed by atoms with Crippen LogP contribution in [0.4, 0.5) is 0 Å². The lowest BCUT2D eigenvalue weighted by Gasteiger charge is -2.06. The number of carbonyl (C=O) groups is 1. The third-order valence-electron chi connectivity index (χ3n) is 2.74. The van der Waals surface area contributed by atoms with Crippen molar-refractivity contribution in [1.82, 2.24) is 4.98 Å². The number of ether oxygens (including phenoxy) is 1. The van der Waals surface area contributed by atoms with Gasteiger partial charge in [0.05, 0.1) is 0 Å². The highest BCUT2D eigenvalue weighted by Gasteiger charge is 2.10. The number of carboxylic acid groups (broad SMARTS) is 1. The number of aromatic carboxylic acids is 1. The fraction of sp³-hybridized carbons (Fsp3) is 0.375. The molecule has 1 aromatic heterocycles. The van der Waals surface area contributed by atoms with Crippen molar-refractivity contribution in [2.45, 2.75) is 33.6 Å². The van der Waals surface area contributed by atoms with Crippen molar-refractivity contribution < 1.29 is 14.6 Å². The molecule has 0 amide bonds. The second-order valence-electron chi connectivity index (χ2n) is 4.84. The maximum absolute atomic E-state index is 11.0. The van der Waals surface area contributed by atoms with Gasteiger partial charge in [-0.25, -0.2) is 9.78 Å². The fourth-order valence-corrected chi connectivity index (χ4v) is 1.62. The van der Waals surface area contributed by atoms with E-state index in [2.05, 4.69) is 24.9 Å². The molecule has 0 aliphatic heterocycles. The summed E-state index contributed by atoms with van der Waals surface area (Å²) in [5, 5.41) is 9.00. The maximum atomic E-state index is 11.0. The Labute approximate surface area is 119 Å². The quantitative estimate of drug-likeness (QED) is 0.768. The molecule has 4 nitrogen and oxygen atoms in total. The van der Waals surface area contributed by atoms with Crippen LogP contribution in [0.1, 0.15) is 44.0 Å². The second kappa shape index (κ2) is 8.15. The molecule has 1 aromatic rings. The summed E-state index contributed by atoms with van der Waals surface area (Å²) in [6.07, 6.45) is 7.66. The molecule has 4 heteroatoms. The summed E-state index contributed by atoms with van der Waals surface area (Å²) in [5.74, 6) is -0.870. The van der Waals surface area contributed by atoms with Crippen LogP contribution in [0.15, 0.2) is 41.6 Å². The lowest BCUT2D eigenvalue weighted by atomic mass is 10.1. The second-order valence-corrected chi connectivity index (χ2v) is 4.84. The summed E-state index contributed by atoms with van der Waals surface area (Å²) in [5.41, 5.74) is 2.62. The van der Waals surface area contributed by atoms with Gasteiger partial charge < -0.3 is 9.84 Å². The van der Waals surface area contributed by atoms with Crippen LogP contribution < -0.4 is 4.74 Å². The largest absolute Gasteiger partial charge is 0.477 e. The molecule has 0 radical (unpaired) electrons. The minimum absolute atomic E-state index is 0.0862. The molecule has 0 saturated heterocycles. The van der Waals surface area contributed by atoms with Crippen molar-refractivity contribution in [2.75, 3.05) is 6.61 Å². The maximum Gasteiger partial charge on any atom is 0.341 e. The van der Waals surface area contributed by atoms with E-state index >= 15 is 0 Å². The molecule has 0 atom stereocenters. The Bertz CT molecular complexity index is 514. The van der Waals surface area contributed by atoms with E-state index in [1.807, 2.05) is 13.0 Å². The molecule has 1 heterocycles. The Balaban J connectivity index is 2.51. The van der Waals surface area contributed by atoms with Crippen LogP contribution in [-0.4, -0.2) is 22.7 Å². The number of pyridine rings is 1. The van der Waals surface area contributed by atoms with Crippen molar-refractivity contribution in [3.8, 4) is 5.88 Å². The van der Waals surface area contributed by atoms with Gasteiger partial charge >= 0.3 is 5.97 Å². The first-order chi connectivity index (χ1) is 9.50. The summed E-state index contributed by atoms with van der Waals surface area (Å²) < 4.78 is 5.41. The van der Waals surface area contributed by atoms with Crippen LogP contribution in [0, 0.1) is 0 Å². The monoisotopic (exact) mass is 275 g/mol. The molecule has 1 rings (SSSR count). The number of rotatable bonds is 7. The van der Waals surface area contributed by atoms with E-state index in [4.69, 9.17) is 9.84 Å². The van der Waals surface area contributed by atoms with Gasteiger partial charge in [-0.05, 0) is 51.8 Å². The first-order valence-electron chi connectivity index (χ1n) is 6.61. The zero-order valence-electron chi connectivity index (χ0n) is 12.2. The van der Waals surface area contributed by atoms with E-state index in [0.717, 1.165) is 12.8 Å². The molecule has 0 unspecified atom stereocenters. The van der Waals surface area contributed by atoms with E-state index < -0.39 is 5.97 Å². The third kappa shape index (κ3) is 5.69. The Hall–Kier alpha value is -2.10. The minimum atomic E-state index is -1.03. The molecule has 0 aliphatic rings. The van der Waals surface area contributed by atoms with Crippen molar-refractivity contribution in [3.05, 3.63) is 47.2 Å². The Kier molecular flexibility index (Phi) is 6.50. The first kappa shape index (κ1) is 16.0. The number of aromatic nitrogens is 1. The average Bonchev–Trinajstić information content (AvgIpc) is 2.38. The summed E-state index contributed by atoms with van der Waals surface area (Å²) in [6, 6.07) is 3.06. The predicted molar refractivity (Wildman–Crippen MR) is 79.1 cm³/mol. The van der Waals surface area contributed by atoms with Crippen LogP contribution in [0.25, 0.3) is 0 Å². The first-order valence-corrected chi connectivity index (χ1v) is 6.61. The van der Waals surface area contributed by atoms with Gasteiger partial charge in [-0.15, -0.1) is 0 Å². The van der Waals surface area contributed by atoms with Gasteiger partial charge in [0.25, 0.3) is 0 Å². The van der Waals surface area contributed by atoms with Crippen LogP contribution in [-0.2, 0) is 0 Å². The highest BCUT2D eigenvalue weighted by Crippen LogP contribution is 2.14. The lowest BCUT2D eigenvalue weighted by molar-refractivity contribution is 0.0692. The SMILES string of the molecule is CC(C)=CCCC(C)=CCOc1ncccc1C(=O)O. The van der Waals surface area contributed by atoms with E-state index in [9.17, 15) is 4.79 Å². The molecule has 0 saturated carbocycles. The van der Waals surface area contributed by atoms with E-state index in [-0.39, 0.29) is 11.4 Å². The molecular formula is C16H21NO3. The fourth-order valence-electron chi connectivity index (χ4n) is 1.62.